The Kier molecular flexibility index (Phi) is 2.60. The Morgan fingerprint density at radius 3 is 3.15 bits per heavy atom. The first kappa shape index (κ1) is 8.71. The zero-order valence-corrected chi connectivity index (χ0v) is 8.65. The summed E-state index contributed by atoms with van der Waals surface area (Å²) < 4.78 is 0. The van der Waals surface area contributed by atoms with E-state index in [-0.39, 0.29) is 0 Å². The number of hydrogen-bond acceptors (Lipinski definition) is 5. The van der Waals surface area contributed by atoms with E-state index < -0.39 is 0 Å². The van der Waals surface area contributed by atoms with Crippen LogP contribution in [0.1, 0.15) is 10.7 Å². The average molecular weight is 212 g/mol. The number of aryl methyl sites for hydroxylation is 1. The van der Waals surface area contributed by atoms with Gasteiger partial charge in [-0.25, -0.2) is 4.98 Å². The first-order valence-electron chi connectivity index (χ1n) is 3.74. The average Bonchev–Trinajstić information content (AvgIpc) is 2.71. The second-order valence-electron chi connectivity index (χ2n) is 2.45. The van der Waals surface area contributed by atoms with Crippen molar-refractivity contribution >= 4 is 23.1 Å². The first-order valence-corrected chi connectivity index (χ1v) is 5.61. The van der Waals surface area contributed by atoms with Crippen LogP contribution in [0, 0.1) is 6.92 Å². The van der Waals surface area contributed by atoms with Crippen LogP contribution in [0.4, 0.5) is 0 Å². The van der Waals surface area contributed by atoms with Crippen molar-refractivity contribution in [3.63, 3.8) is 0 Å². The smallest absolute Gasteiger partial charge is 0.139 e. The molecule has 4 nitrogen and oxygen atoms in total. The standard InChI is InChI=1S/C7H8N4S2/c1-5-9-6(3-12-5)4-13-7-2-8-11-10-7/h2-3H,4H2,1H3,(H,8,10,11). The van der Waals surface area contributed by atoms with E-state index in [9.17, 15) is 0 Å². The maximum absolute atomic E-state index is 4.35. The van der Waals surface area contributed by atoms with Crippen LogP contribution < -0.4 is 0 Å². The highest BCUT2D eigenvalue weighted by Crippen LogP contribution is 2.20. The lowest BCUT2D eigenvalue weighted by atomic mass is 10.6. The molecule has 0 amide bonds. The number of nitrogens with one attached hydrogen (secondary N) is 1. The normalized spacial score (nSPS) is 10.5. The molecule has 0 aliphatic carbocycles. The maximum atomic E-state index is 4.35. The van der Waals surface area contributed by atoms with E-state index in [0.29, 0.717) is 0 Å². The van der Waals surface area contributed by atoms with Crippen LogP contribution in [0.3, 0.4) is 0 Å². The number of nitrogens with zero attached hydrogens (tertiary/aromatic N) is 3. The predicted molar refractivity (Wildman–Crippen MR) is 52.8 cm³/mol. The number of aromatic nitrogens is 4. The van der Waals surface area contributed by atoms with E-state index in [1.807, 2.05) is 6.92 Å². The molecule has 0 aliphatic rings. The van der Waals surface area contributed by atoms with Gasteiger partial charge >= 0.3 is 0 Å². The van der Waals surface area contributed by atoms with Gasteiger partial charge in [0.2, 0.25) is 0 Å². The summed E-state index contributed by atoms with van der Waals surface area (Å²) in [5.41, 5.74) is 1.11. The van der Waals surface area contributed by atoms with E-state index >= 15 is 0 Å². The second kappa shape index (κ2) is 3.89. The Hall–Kier alpha value is -0.880. The molecule has 0 bridgehead atoms. The summed E-state index contributed by atoms with van der Waals surface area (Å²) in [6, 6.07) is 0. The number of rotatable bonds is 3. The number of thiazole rings is 1. The van der Waals surface area contributed by atoms with Crippen molar-refractivity contribution < 1.29 is 0 Å². The molecule has 0 spiro atoms. The molecule has 2 aromatic heterocycles. The highest BCUT2D eigenvalue weighted by atomic mass is 32.2. The lowest BCUT2D eigenvalue weighted by Gasteiger charge is -1.91. The summed E-state index contributed by atoms with van der Waals surface area (Å²) in [5.74, 6) is 0.858. The molecule has 0 aromatic carbocycles. The fourth-order valence-corrected chi connectivity index (χ4v) is 2.28. The van der Waals surface area contributed by atoms with Crippen molar-refractivity contribution in [1.82, 2.24) is 20.4 Å². The van der Waals surface area contributed by atoms with Crippen molar-refractivity contribution in [2.24, 2.45) is 0 Å². The molecule has 0 atom stereocenters. The predicted octanol–water partition coefficient (Wildman–Crippen LogP) is 1.86. The Morgan fingerprint density at radius 2 is 2.54 bits per heavy atom. The molecule has 6 heteroatoms. The van der Waals surface area contributed by atoms with Gasteiger partial charge in [-0.15, -0.1) is 16.4 Å². The molecule has 2 heterocycles. The summed E-state index contributed by atoms with van der Waals surface area (Å²) in [5, 5.41) is 14.3. The van der Waals surface area contributed by atoms with Gasteiger partial charge in [0.1, 0.15) is 5.03 Å². The van der Waals surface area contributed by atoms with Gasteiger partial charge in [0.05, 0.1) is 16.9 Å². The van der Waals surface area contributed by atoms with Crippen molar-refractivity contribution in [3.8, 4) is 0 Å². The van der Waals surface area contributed by atoms with Gasteiger partial charge in [-0.2, -0.15) is 10.3 Å². The Bertz CT molecular complexity index is 368. The van der Waals surface area contributed by atoms with Gasteiger partial charge in [0.15, 0.2) is 0 Å². The van der Waals surface area contributed by atoms with Crippen LogP contribution in [0.15, 0.2) is 16.6 Å². The topological polar surface area (TPSA) is 54.5 Å². The SMILES string of the molecule is Cc1nc(CSc2cn[nH]n2)cs1. The quantitative estimate of drug-likeness (QED) is 0.789. The van der Waals surface area contributed by atoms with E-state index in [4.69, 9.17) is 0 Å². The molecule has 2 aromatic rings. The molecule has 0 fully saturated rings. The van der Waals surface area contributed by atoms with E-state index in [1.165, 1.54) is 0 Å². The molecule has 0 aliphatic heterocycles. The van der Waals surface area contributed by atoms with E-state index in [2.05, 4.69) is 25.8 Å². The molecule has 0 saturated heterocycles. The zero-order chi connectivity index (χ0) is 9.10. The molecule has 0 unspecified atom stereocenters. The molecule has 2 rings (SSSR count). The molecule has 68 valence electrons. The molecule has 0 radical (unpaired) electrons. The highest BCUT2D eigenvalue weighted by Gasteiger charge is 2.01. The van der Waals surface area contributed by atoms with Crippen LogP contribution >= 0.6 is 23.1 Å². The first-order chi connectivity index (χ1) is 6.34. The van der Waals surface area contributed by atoms with Gasteiger partial charge < -0.3 is 0 Å². The summed E-state index contributed by atoms with van der Waals surface area (Å²) in [6.07, 6.45) is 1.71. The van der Waals surface area contributed by atoms with Crippen LogP contribution in [-0.4, -0.2) is 20.4 Å². The molecule has 0 saturated carbocycles. The second-order valence-corrected chi connectivity index (χ2v) is 4.51. The Balaban J connectivity index is 1.93. The third-order valence-electron chi connectivity index (χ3n) is 1.43. The van der Waals surface area contributed by atoms with Gasteiger partial charge in [-0.05, 0) is 6.92 Å². The number of hydrogen-bond donors (Lipinski definition) is 1. The van der Waals surface area contributed by atoms with Crippen molar-refractivity contribution in [2.45, 2.75) is 17.7 Å². The Morgan fingerprint density at radius 1 is 1.62 bits per heavy atom. The van der Waals surface area contributed by atoms with E-state index in [1.54, 1.807) is 29.3 Å². The van der Waals surface area contributed by atoms with E-state index in [0.717, 1.165) is 21.5 Å². The van der Waals surface area contributed by atoms with Crippen molar-refractivity contribution in [1.29, 1.82) is 0 Å². The molecular weight excluding hydrogens is 204 g/mol. The van der Waals surface area contributed by atoms with Crippen LogP contribution in [0.2, 0.25) is 0 Å². The third kappa shape index (κ3) is 2.28. The maximum Gasteiger partial charge on any atom is 0.139 e. The van der Waals surface area contributed by atoms with Crippen LogP contribution in [0.5, 0.6) is 0 Å². The summed E-state index contributed by atoms with van der Waals surface area (Å²) in [4.78, 5) is 4.35. The zero-order valence-electron chi connectivity index (χ0n) is 7.02. The largest absolute Gasteiger partial charge is 0.246 e. The molecular formula is C7H8N4S2. The monoisotopic (exact) mass is 212 g/mol. The van der Waals surface area contributed by atoms with Gasteiger partial charge in [0, 0.05) is 11.1 Å². The van der Waals surface area contributed by atoms with Crippen LogP contribution in [-0.2, 0) is 5.75 Å². The number of aromatic amines is 1. The lowest BCUT2D eigenvalue weighted by molar-refractivity contribution is 0.910. The summed E-state index contributed by atoms with van der Waals surface area (Å²) in [6.45, 7) is 2.01. The van der Waals surface area contributed by atoms with Crippen molar-refractivity contribution in [3.05, 3.63) is 22.3 Å². The number of thioether (sulfide) groups is 1. The minimum atomic E-state index is 0.858. The summed E-state index contributed by atoms with van der Waals surface area (Å²) >= 11 is 3.31. The highest BCUT2D eigenvalue weighted by molar-refractivity contribution is 7.98. The fourth-order valence-electron chi connectivity index (χ4n) is 0.883. The van der Waals surface area contributed by atoms with Gasteiger partial charge in [-0.1, -0.05) is 11.8 Å². The van der Waals surface area contributed by atoms with Crippen molar-refractivity contribution in [2.75, 3.05) is 0 Å². The lowest BCUT2D eigenvalue weighted by Crippen LogP contribution is -1.80. The summed E-state index contributed by atoms with van der Waals surface area (Å²) in [7, 11) is 0. The van der Waals surface area contributed by atoms with Gasteiger partial charge in [-0.3, -0.25) is 0 Å². The Labute approximate surface area is 83.8 Å². The molecule has 13 heavy (non-hydrogen) atoms. The number of H-pyrrole nitrogens is 1. The molecule has 1 N–H and O–H groups in total. The minimum Gasteiger partial charge on any atom is -0.246 e. The fraction of sp³-hybridized carbons (Fsp3) is 0.286. The minimum absolute atomic E-state index is 0.858. The van der Waals surface area contributed by atoms with Gasteiger partial charge in [0.25, 0.3) is 0 Å². The third-order valence-corrected chi connectivity index (χ3v) is 3.18. The van der Waals surface area contributed by atoms with Crippen LogP contribution in [0.25, 0.3) is 0 Å².